The summed E-state index contributed by atoms with van der Waals surface area (Å²) in [4.78, 5) is 3.23. The largest absolute Gasteiger partial charge is 0.361 e. The van der Waals surface area contributed by atoms with E-state index in [9.17, 15) is 4.39 Å². The number of H-pyrrole nitrogens is 1. The number of aromatic amines is 1. The normalized spacial score (nSPS) is 22.1. The van der Waals surface area contributed by atoms with Gasteiger partial charge in [-0.1, -0.05) is 6.92 Å². The molecule has 2 heterocycles. The van der Waals surface area contributed by atoms with E-state index < -0.39 is 0 Å². The molecule has 1 saturated heterocycles. The third-order valence-corrected chi connectivity index (χ3v) is 3.87. The highest BCUT2D eigenvalue weighted by Crippen LogP contribution is 2.30. The zero-order chi connectivity index (χ0) is 11.8. The van der Waals surface area contributed by atoms with Crippen molar-refractivity contribution in [2.24, 2.45) is 0 Å². The van der Waals surface area contributed by atoms with Crippen LogP contribution in [0.25, 0.3) is 10.9 Å². The van der Waals surface area contributed by atoms with Gasteiger partial charge < -0.3 is 10.3 Å². The average molecular weight is 232 g/mol. The summed E-state index contributed by atoms with van der Waals surface area (Å²) in [6, 6.07) is 5.47. The second-order valence-electron chi connectivity index (χ2n) is 4.93. The van der Waals surface area contributed by atoms with E-state index in [-0.39, 0.29) is 5.82 Å². The third-order valence-electron chi connectivity index (χ3n) is 3.87. The molecule has 0 saturated carbocycles. The zero-order valence-electron chi connectivity index (χ0n) is 9.96. The maximum absolute atomic E-state index is 13.3. The van der Waals surface area contributed by atoms with E-state index in [1.807, 2.05) is 12.3 Å². The number of aromatic nitrogens is 1. The van der Waals surface area contributed by atoms with E-state index in [0.717, 1.165) is 17.4 Å². The lowest BCUT2D eigenvalue weighted by atomic mass is 9.92. The predicted octanol–water partition coefficient (Wildman–Crippen LogP) is 3.16. The van der Waals surface area contributed by atoms with E-state index in [2.05, 4.69) is 17.2 Å². The predicted molar refractivity (Wildman–Crippen MR) is 67.7 cm³/mol. The Bertz CT molecular complexity index is 526. The number of rotatable bonds is 2. The van der Waals surface area contributed by atoms with Gasteiger partial charge in [-0.05, 0) is 49.1 Å². The fraction of sp³-hybridized carbons (Fsp3) is 0.429. The second-order valence-corrected chi connectivity index (χ2v) is 4.93. The molecule has 0 aliphatic carbocycles. The molecule has 2 unspecified atom stereocenters. The summed E-state index contributed by atoms with van der Waals surface area (Å²) >= 11 is 0. The molecule has 1 fully saturated rings. The zero-order valence-corrected chi connectivity index (χ0v) is 9.96. The van der Waals surface area contributed by atoms with Crippen LogP contribution in [0, 0.1) is 5.82 Å². The first-order valence-corrected chi connectivity index (χ1v) is 6.25. The van der Waals surface area contributed by atoms with Crippen LogP contribution < -0.4 is 5.32 Å². The average Bonchev–Trinajstić information content (AvgIpc) is 2.97. The summed E-state index contributed by atoms with van der Waals surface area (Å²) in [5.74, 6) is 0.262. The molecule has 0 bridgehead atoms. The monoisotopic (exact) mass is 232 g/mol. The first-order valence-electron chi connectivity index (χ1n) is 6.25. The maximum atomic E-state index is 13.3. The van der Waals surface area contributed by atoms with Gasteiger partial charge in [0.2, 0.25) is 0 Å². The minimum absolute atomic E-state index is 0.162. The number of benzene rings is 1. The van der Waals surface area contributed by atoms with Gasteiger partial charge in [0, 0.05) is 23.1 Å². The van der Waals surface area contributed by atoms with Crippen molar-refractivity contribution < 1.29 is 4.39 Å². The smallest absolute Gasteiger partial charge is 0.123 e. The number of fused-ring (bicyclic) bond motifs is 1. The van der Waals surface area contributed by atoms with Gasteiger partial charge in [-0.3, -0.25) is 0 Å². The highest BCUT2D eigenvalue weighted by Gasteiger charge is 2.24. The highest BCUT2D eigenvalue weighted by molar-refractivity contribution is 5.83. The van der Waals surface area contributed by atoms with Crippen LogP contribution in [0.4, 0.5) is 4.39 Å². The van der Waals surface area contributed by atoms with Crippen LogP contribution in [0.15, 0.2) is 24.4 Å². The standard InChI is InChI=1S/C14H17FN2/c1-9(13-3-2-6-16-13)12-8-17-14-5-4-10(15)7-11(12)14/h4-5,7-9,13,16-17H,2-3,6H2,1H3. The summed E-state index contributed by atoms with van der Waals surface area (Å²) < 4.78 is 13.3. The topological polar surface area (TPSA) is 27.8 Å². The molecule has 1 aliphatic rings. The summed E-state index contributed by atoms with van der Waals surface area (Å²) in [6.45, 7) is 3.32. The van der Waals surface area contributed by atoms with Crippen LogP contribution in [-0.4, -0.2) is 17.6 Å². The van der Waals surface area contributed by atoms with Crippen molar-refractivity contribution >= 4 is 10.9 Å². The molecule has 1 aromatic carbocycles. The van der Waals surface area contributed by atoms with Crippen LogP contribution in [0.5, 0.6) is 0 Å². The molecule has 90 valence electrons. The minimum Gasteiger partial charge on any atom is -0.361 e. The van der Waals surface area contributed by atoms with Gasteiger partial charge in [0.15, 0.2) is 0 Å². The summed E-state index contributed by atoms with van der Waals surface area (Å²) in [5, 5.41) is 4.54. The van der Waals surface area contributed by atoms with Crippen molar-refractivity contribution in [1.82, 2.24) is 10.3 Å². The molecular weight excluding hydrogens is 215 g/mol. The van der Waals surface area contributed by atoms with Crippen molar-refractivity contribution in [2.75, 3.05) is 6.54 Å². The molecule has 1 aliphatic heterocycles. The van der Waals surface area contributed by atoms with Gasteiger partial charge in [-0.25, -0.2) is 4.39 Å². The van der Waals surface area contributed by atoms with E-state index in [4.69, 9.17) is 0 Å². The van der Waals surface area contributed by atoms with Crippen molar-refractivity contribution in [3.63, 3.8) is 0 Å². The first kappa shape index (κ1) is 10.8. The Kier molecular flexibility index (Phi) is 2.63. The maximum Gasteiger partial charge on any atom is 0.123 e. The Morgan fingerprint density at radius 3 is 3.06 bits per heavy atom. The van der Waals surface area contributed by atoms with Crippen molar-refractivity contribution in [3.8, 4) is 0 Å². The number of hydrogen-bond donors (Lipinski definition) is 2. The Hall–Kier alpha value is -1.35. The molecule has 2 aromatic rings. The van der Waals surface area contributed by atoms with Gasteiger partial charge in [-0.15, -0.1) is 0 Å². The van der Waals surface area contributed by atoms with Crippen LogP contribution in [0.2, 0.25) is 0 Å². The summed E-state index contributed by atoms with van der Waals surface area (Å²) in [5.41, 5.74) is 2.24. The molecule has 1 aromatic heterocycles. The van der Waals surface area contributed by atoms with E-state index in [0.29, 0.717) is 12.0 Å². The van der Waals surface area contributed by atoms with E-state index in [1.165, 1.54) is 24.5 Å². The third kappa shape index (κ3) is 1.84. The lowest BCUT2D eigenvalue weighted by Gasteiger charge is -2.18. The van der Waals surface area contributed by atoms with Crippen LogP contribution in [0.3, 0.4) is 0 Å². The molecule has 2 atom stereocenters. The molecular formula is C14H17FN2. The molecule has 2 N–H and O–H groups in total. The van der Waals surface area contributed by atoms with Gasteiger partial charge in [-0.2, -0.15) is 0 Å². The summed E-state index contributed by atoms with van der Waals surface area (Å²) in [6.07, 6.45) is 4.48. The lowest BCUT2D eigenvalue weighted by molar-refractivity contribution is 0.520. The SMILES string of the molecule is CC(c1c[nH]c2ccc(F)cc12)C1CCCN1. The molecule has 17 heavy (non-hydrogen) atoms. The molecule has 3 heteroatoms. The van der Waals surface area contributed by atoms with Crippen molar-refractivity contribution in [1.29, 1.82) is 0 Å². The number of hydrogen-bond acceptors (Lipinski definition) is 1. The van der Waals surface area contributed by atoms with Crippen molar-refractivity contribution in [2.45, 2.75) is 31.7 Å². The van der Waals surface area contributed by atoms with E-state index >= 15 is 0 Å². The number of nitrogens with one attached hydrogen (secondary N) is 2. The minimum atomic E-state index is -0.162. The second kappa shape index (κ2) is 4.15. The molecule has 0 radical (unpaired) electrons. The Balaban J connectivity index is 2.01. The van der Waals surface area contributed by atoms with Gasteiger partial charge in [0.05, 0.1) is 0 Å². The molecule has 0 spiro atoms. The summed E-state index contributed by atoms with van der Waals surface area (Å²) in [7, 11) is 0. The van der Waals surface area contributed by atoms with Gasteiger partial charge in [0.1, 0.15) is 5.82 Å². The van der Waals surface area contributed by atoms with Gasteiger partial charge in [0.25, 0.3) is 0 Å². The Morgan fingerprint density at radius 2 is 2.29 bits per heavy atom. The Morgan fingerprint density at radius 1 is 1.41 bits per heavy atom. The quantitative estimate of drug-likeness (QED) is 0.817. The first-order chi connectivity index (χ1) is 8.25. The highest BCUT2D eigenvalue weighted by atomic mass is 19.1. The van der Waals surface area contributed by atoms with Crippen molar-refractivity contribution in [3.05, 3.63) is 35.8 Å². The Labute approximate surface area is 100 Å². The van der Waals surface area contributed by atoms with Crippen LogP contribution in [-0.2, 0) is 0 Å². The number of halogens is 1. The van der Waals surface area contributed by atoms with Crippen LogP contribution >= 0.6 is 0 Å². The van der Waals surface area contributed by atoms with Crippen LogP contribution in [0.1, 0.15) is 31.2 Å². The fourth-order valence-electron chi connectivity index (χ4n) is 2.85. The van der Waals surface area contributed by atoms with E-state index in [1.54, 1.807) is 6.07 Å². The fourth-order valence-corrected chi connectivity index (χ4v) is 2.85. The van der Waals surface area contributed by atoms with Gasteiger partial charge >= 0.3 is 0 Å². The molecule has 2 nitrogen and oxygen atoms in total. The lowest BCUT2D eigenvalue weighted by Crippen LogP contribution is -2.27. The molecule has 3 rings (SSSR count). The molecule has 0 amide bonds.